The Labute approximate surface area is 137 Å². The highest BCUT2D eigenvalue weighted by atomic mass is 31.1. The lowest BCUT2D eigenvalue weighted by Crippen LogP contribution is -2.40. The maximum atomic E-state index is 13.0. The molecule has 1 saturated carbocycles. The number of rotatable bonds is 3. The third kappa shape index (κ3) is 3.17. The van der Waals surface area contributed by atoms with Crippen LogP contribution in [0.1, 0.15) is 37.7 Å². The second kappa shape index (κ2) is 6.10. The molecule has 3 unspecified atom stereocenters. The molecule has 2 fully saturated rings. The van der Waals surface area contributed by atoms with Gasteiger partial charge in [0.15, 0.2) is 0 Å². The van der Waals surface area contributed by atoms with Crippen LogP contribution in [0.25, 0.3) is 0 Å². The van der Waals surface area contributed by atoms with E-state index in [2.05, 4.69) is 18.5 Å². The average molecular weight is 337 g/mol. The number of hydrogen-bond donors (Lipinski definition) is 0. The first-order valence-electron chi connectivity index (χ1n) is 7.94. The molecule has 1 spiro atoms. The van der Waals surface area contributed by atoms with Crippen molar-refractivity contribution < 1.29 is 9.53 Å². The maximum Gasteiger partial charge on any atom is 0.229 e. The van der Waals surface area contributed by atoms with Crippen LogP contribution in [0.2, 0.25) is 0 Å². The van der Waals surface area contributed by atoms with Crippen molar-refractivity contribution in [2.24, 2.45) is 5.41 Å². The number of carbonyl (C=O) groups excluding carboxylic acids is 1. The molecule has 1 aliphatic carbocycles. The van der Waals surface area contributed by atoms with Gasteiger partial charge in [-0.25, -0.2) is 0 Å². The first kappa shape index (κ1) is 16.2. The predicted octanol–water partition coefficient (Wildman–Crippen LogP) is 3.43. The van der Waals surface area contributed by atoms with Gasteiger partial charge in [-0.05, 0) is 43.4 Å². The van der Waals surface area contributed by atoms with Gasteiger partial charge < -0.3 is 9.64 Å². The van der Waals surface area contributed by atoms with Gasteiger partial charge >= 0.3 is 0 Å². The third-order valence-corrected chi connectivity index (χ3v) is 6.08. The number of amides is 1. The fourth-order valence-electron chi connectivity index (χ4n) is 3.95. The molecule has 0 bridgehead atoms. The van der Waals surface area contributed by atoms with Crippen LogP contribution in [0, 0.1) is 5.41 Å². The molecule has 0 N–H and O–H groups in total. The van der Waals surface area contributed by atoms with E-state index in [0.29, 0.717) is 12.5 Å². The summed E-state index contributed by atoms with van der Waals surface area (Å²) < 4.78 is 5.19. The van der Waals surface area contributed by atoms with Crippen LogP contribution in [0.15, 0.2) is 24.3 Å². The molecule has 1 aromatic rings. The fraction of sp³-hybridized carbons (Fsp3) is 0.588. The number of nitrogens with zero attached hydrogens (tertiary/aromatic N) is 1. The van der Waals surface area contributed by atoms with Crippen LogP contribution in [0.5, 0.6) is 5.75 Å². The van der Waals surface area contributed by atoms with Crippen molar-refractivity contribution in [1.82, 2.24) is 4.90 Å². The average Bonchev–Trinajstić information content (AvgIpc) is 2.76. The van der Waals surface area contributed by atoms with Crippen LogP contribution in [-0.2, 0) is 11.3 Å². The van der Waals surface area contributed by atoms with Crippen molar-refractivity contribution in [2.45, 2.75) is 43.5 Å². The summed E-state index contributed by atoms with van der Waals surface area (Å²) in [7, 11) is 7.56. The zero-order valence-corrected chi connectivity index (χ0v) is 15.5. The number of likely N-dealkylation sites (tertiary alicyclic amines) is 1. The van der Waals surface area contributed by atoms with Crippen LogP contribution >= 0.6 is 18.5 Å². The standard InChI is InChI=1S/C17H25NO2P2/c1-20-14-5-3-13(4-6-14)11-18-10-9-16(15(18)19)7-2-8-17(21,22)12-16/h3-6H,2,7-12,21-22H2,1H3. The zero-order valence-electron chi connectivity index (χ0n) is 13.2. The third-order valence-electron chi connectivity index (χ3n) is 5.10. The quantitative estimate of drug-likeness (QED) is 0.791. The van der Waals surface area contributed by atoms with Gasteiger partial charge in [0.1, 0.15) is 5.75 Å². The van der Waals surface area contributed by atoms with Crippen LogP contribution in [0.3, 0.4) is 0 Å². The van der Waals surface area contributed by atoms with Gasteiger partial charge in [0, 0.05) is 18.0 Å². The Hall–Kier alpha value is -0.650. The SMILES string of the molecule is COc1ccc(CN2CCC3(CCCC(P)(P)C3)C2=O)cc1. The van der Waals surface area contributed by atoms with Crippen molar-refractivity contribution in [2.75, 3.05) is 13.7 Å². The molecular weight excluding hydrogens is 312 g/mol. The molecule has 3 rings (SSSR count). The molecule has 0 radical (unpaired) electrons. The van der Waals surface area contributed by atoms with Crippen molar-refractivity contribution in [3.63, 3.8) is 0 Å². The molecule has 1 aromatic carbocycles. The molecule has 3 atom stereocenters. The molecule has 1 aliphatic heterocycles. The minimum atomic E-state index is -0.117. The summed E-state index contributed by atoms with van der Waals surface area (Å²) in [6, 6.07) is 8.02. The fourth-order valence-corrected chi connectivity index (χ4v) is 5.14. The first-order chi connectivity index (χ1) is 10.4. The van der Waals surface area contributed by atoms with Gasteiger partial charge in [-0.3, -0.25) is 4.79 Å². The maximum absolute atomic E-state index is 13.0. The minimum Gasteiger partial charge on any atom is -0.497 e. The molecule has 1 heterocycles. The summed E-state index contributed by atoms with van der Waals surface area (Å²) in [5.41, 5.74) is 1.05. The number of benzene rings is 1. The molecule has 1 saturated heterocycles. The van der Waals surface area contributed by atoms with Crippen molar-refractivity contribution in [3.05, 3.63) is 29.8 Å². The lowest BCUT2D eigenvalue weighted by Gasteiger charge is -2.41. The summed E-state index contributed by atoms with van der Waals surface area (Å²) in [6.07, 6.45) is 5.36. The van der Waals surface area contributed by atoms with Crippen molar-refractivity contribution >= 4 is 24.4 Å². The predicted molar refractivity (Wildman–Crippen MR) is 96.1 cm³/mol. The van der Waals surface area contributed by atoms with E-state index in [9.17, 15) is 4.79 Å². The van der Waals surface area contributed by atoms with E-state index >= 15 is 0 Å². The highest BCUT2D eigenvalue weighted by molar-refractivity contribution is 7.39. The Bertz CT molecular complexity index is 558. The van der Waals surface area contributed by atoms with Crippen LogP contribution < -0.4 is 4.74 Å². The van der Waals surface area contributed by atoms with E-state index in [0.717, 1.165) is 38.0 Å². The largest absolute Gasteiger partial charge is 0.497 e. The van der Waals surface area contributed by atoms with E-state index in [1.54, 1.807) is 7.11 Å². The zero-order chi connectivity index (χ0) is 15.8. The summed E-state index contributed by atoms with van der Waals surface area (Å²) >= 11 is 0. The monoisotopic (exact) mass is 337 g/mol. The topological polar surface area (TPSA) is 29.5 Å². The Balaban J connectivity index is 1.70. The molecule has 5 heteroatoms. The van der Waals surface area contributed by atoms with Gasteiger partial charge in [0.25, 0.3) is 0 Å². The summed E-state index contributed by atoms with van der Waals surface area (Å²) in [6.45, 7) is 1.60. The minimum absolute atomic E-state index is 0.117. The van der Waals surface area contributed by atoms with E-state index in [4.69, 9.17) is 4.74 Å². The van der Waals surface area contributed by atoms with Gasteiger partial charge in [-0.2, -0.15) is 0 Å². The molecule has 22 heavy (non-hydrogen) atoms. The summed E-state index contributed by atoms with van der Waals surface area (Å²) in [5.74, 6) is 1.22. The van der Waals surface area contributed by atoms with E-state index in [-0.39, 0.29) is 10.3 Å². The first-order valence-corrected chi connectivity index (χ1v) is 9.10. The molecule has 2 aliphatic rings. The number of hydrogen-bond acceptors (Lipinski definition) is 2. The van der Waals surface area contributed by atoms with Crippen molar-refractivity contribution in [3.8, 4) is 5.75 Å². The van der Waals surface area contributed by atoms with Gasteiger partial charge in [0.05, 0.1) is 12.5 Å². The molecule has 1 amide bonds. The molecule has 3 nitrogen and oxygen atoms in total. The number of ether oxygens (including phenoxy) is 1. The van der Waals surface area contributed by atoms with Crippen LogP contribution in [0.4, 0.5) is 0 Å². The Morgan fingerprint density at radius 1 is 1.18 bits per heavy atom. The van der Waals surface area contributed by atoms with Crippen molar-refractivity contribution in [1.29, 1.82) is 0 Å². The van der Waals surface area contributed by atoms with E-state index < -0.39 is 0 Å². The Morgan fingerprint density at radius 2 is 1.91 bits per heavy atom. The molecule has 120 valence electrons. The second-order valence-corrected chi connectivity index (χ2v) is 9.83. The normalized spacial score (nSPS) is 27.4. The lowest BCUT2D eigenvalue weighted by atomic mass is 9.72. The van der Waals surface area contributed by atoms with E-state index in [1.165, 1.54) is 12.0 Å². The number of carbonyl (C=O) groups is 1. The Morgan fingerprint density at radius 3 is 2.55 bits per heavy atom. The summed E-state index contributed by atoms with van der Waals surface area (Å²) in [5, 5.41) is 0. The van der Waals surface area contributed by atoms with Crippen LogP contribution in [-0.4, -0.2) is 29.4 Å². The lowest BCUT2D eigenvalue weighted by molar-refractivity contribution is -0.138. The molecular formula is C17H25NO2P2. The van der Waals surface area contributed by atoms with Gasteiger partial charge in [0.2, 0.25) is 5.91 Å². The van der Waals surface area contributed by atoms with E-state index in [1.807, 2.05) is 29.2 Å². The molecule has 0 aromatic heterocycles. The summed E-state index contributed by atoms with van der Waals surface area (Å²) in [4.78, 5) is 15.2. The van der Waals surface area contributed by atoms with Gasteiger partial charge in [-0.15, -0.1) is 18.5 Å². The highest BCUT2D eigenvalue weighted by Crippen LogP contribution is 2.54. The second-order valence-electron chi connectivity index (χ2n) is 6.87. The Kier molecular flexibility index (Phi) is 4.49. The van der Waals surface area contributed by atoms with Gasteiger partial charge in [-0.1, -0.05) is 18.6 Å². The number of methoxy groups -OCH3 is 1. The smallest absolute Gasteiger partial charge is 0.229 e. The highest BCUT2D eigenvalue weighted by Gasteiger charge is 2.50.